The van der Waals surface area contributed by atoms with Gasteiger partial charge in [-0.15, -0.1) is 0 Å². The quantitative estimate of drug-likeness (QED) is 0.735. The van der Waals surface area contributed by atoms with Gasteiger partial charge in [0.25, 0.3) is 11.5 Å². The second-order valence-electron chi connectivity index (χ2n) is 7.99. The van der Waals surface area contributed by atoms with Crippen molar-refractivity contribution in [3.05, 3.63) is 33.4 Å². The largest absolute Gasteiger partial charge is 0.465 e. The zero-order valence-corrected chi connectivity index (χ0v) is 16.9. The molecule has 1 aliphatic rings. The molecule has 0 atom stereocenters. The van der Waals surface area contributed by atoms with Crippen LogP contribution in [0.25, 0.3) is 5.65 Å². The summed E-state index contributed by atoms with van der Waals surface area (Å²) >= 11 is 0. The van der Waals surface area contributed by atoms with E-state index in [2.05, 4.69) is 5.10 Å². The van der Waals surface area contributed by atoms with E-state index in [0.717, 1.165) is 0 Å². The van der Waals surface area contributed by atoms with Crippen molar-refractivity contribution in [2.24, 2.45) is 0 Å². The zero-order valence-electron chi connectivity index (χ0n) is 16.9. The van der Waals surface area contributed by atoms with Crippen LogP contribution in [-0.4, -0.2) is 54.8 Å². The molecule has 0 saturated heterocycles. The number of fused-ring (bicyclic) bond motifs is 2. The normalized spacial score (nSPS) is 14.2. The molecule has 9 nitrogen and oxygen atoms in total. The number of rotatable bonds is 6. The van der Waals surface area contributed by atoms with Gasteiger partial charge in [-0.2, -0.15) is 9.61 Å². The molecule has 3 rings (SSSR count). The molecule has 3 heterocycles. The van der Waals surface area contributed by atoms with E-state index in [1.54, 1.807) is 26.8 Å². The average molecular weight is 390 g/mol. The lowest BCUT2D eigenvalue weighted by atomic mass is 10.1. The van der Waals surface area contributed by atoms with Gasteiger partial charge < -0.3 is 19.3 Å². The second kappa shape index (κ2) is 7.05. The maximum absolute atomic E-state index is 13.0. The molecule has 0 unspecified atom stereocenters. The summed E-state index contributed by atoms with van der Waals surface area (Å²) in [5, 5.41) is 14.5. The molecule has 152 valence electrons. The van der Waals surface area contributed by atoms with Crippen LogP contribution >= 0.6 is 0 Å². The molecular weight excluding hydrogens is 364 g/mol. The summed E-state index contributed by atoms with van der Waals surface area (Å²) in [7, 11) is 0. The lowest BCUT2D eigenvalue weighted by Crippen LogP contribution is -2.39. The first kappa shape index (κ1) is 20.1. The lowest BCUT2D eigenvalue weighted by molar-refractivity contribution is -0.143. The molecule has 0 aromatic carbocycles. The van der Waals surface area contributed by atoms with Crippen molar-refractivity contribution >= 4 is 17.5 Å². The van der Waals surface area contributed by atoms with E-state index >= 15 is 0 Å². The molecule has 0 fully saturated rings. The Labute approximate surface area is 162 Å². The van der Waals surface area contributed by atoms with Crippen LogP contribution < -0.4 is 5.56 Å². The fourth-order valence-corrected chi connectivity index (χ4v) is 3.41. The molecular formula is C19H26N4O5. The van der Waals surface area contributed by atoms with Crippen LogP contribution in [0.1, 0.15) is 62.3 Å². The molecule has 1 amide bonds. The summed E-state index contributed by atoms with van der Waals surface area (Å²) in [5.74, 6) is -0.822. The number of aliphatic hydroxyl groups is 1. The molecule has 0 bridgehead atoms. The van der Waals surface area contributed by atoms with E-state index in [1.807, 2.05) is 13.8 Å². The van der Waals surface area contributed by atoms with Gasteiger partial charge in [0.15, 0.2) is 0 Å². The van der Waals surface area contributed by atoms with Gasteiger partial charge in [0.2, 0.25) is 0 Å². The number of carbonyl (C=O) groups is 2. The first-order chi connectivity index (χ1) is 13.0. The SMILES string of the molecule is CCOC(=O)Cn1c2c(c(=O)n3nc(C(C)C)cc13)CN(CC(C)(C)O)C2=O. The third-order valence-electron chi connectivity index (χ3n) is 4.59. The molecule has 28 heavy (non-hydrogen) atoms. The molecule has 0 radical (unpaired) electrons. The molecule has 1 aliphatic heterocycles. The van der Waals surface area contributed by atoms with Crippen LogP contribution in [0.3, 0.4) is 0 Å². The third-order valence-corrected chi connectivity index (χ3v) is 4.59. The second-order valence-corrected chi connectivity index (χ2v) is 7.99. The highest BCUT2D eigenvalue weighted by molar-refractivity contribution is 5.97. The smallest absolute Gasteiger partial charge is 0.326 e. The summed E-state index contributed by atoms with van der Waals surface area (Å²) < 4.78 is 7.79. The fourth-order valence-electron chi connectivity index (χ4n) is 3.41. The van der Waals surface area contributed by atoms with E-state index in [1.165, 1.54) is 14.0 Å². The molecule has 9 heteroatoms. The summed E-state index contributed by atoms with van der Waals surface area (Å²) in [4.78, 5) is 39.6. The highest BCUT2D eigenvalue weighted by atomic mass is 16.5. The van der Waals surface area contributed by atoms with Crippen molar-refractivity contribution in [2.75, 3.05) is 13.2 Å². The Balaban J connectivity index is 2.20. The van der Waals surface area contributed by atoms with Crippen molar-refractivity contribution in [1.82, 2.24) is 19.1 Å². The predicted molar refractivity (Wildman–Crippen MR) is 101 cm³/mol. The van der Waals surface area contributed by atoms with Crippen LogP contribution in [0.15, 0.2) is 10.9 Å². The number of nitrogens with zero attached hydrogens (tertiary/aromatic N) is 4. The third kappa shape index (κ3) is 3.54. The van der Waals surface area contributed by atoms with Crippen LogP contribution in [0.4, 0.5) is 0 Å². The van der Waals surface area contributed by atoms with Gasteiger partial charge >= 0.3 is 5.97 Å². The topological polar surface area (TPSA) is 106 Å². The van der Waals surface area contributed by atoms with Gasteiger partial charge in [-0.1, -0.05) is 13.8 Å². The minimum absolute atomic E-state index is 0.0621. The predicted octanol–water partition coefficient (Wildman–Crippen LogP) is 0.909. The molecule has 2 aromatic rings. The van der Waals surface area contributed by atoms with Gasteiger partial charge in [-0.05, 0) is 26.7 Å². The summed E-state index contributed by atoms with van der Waals surface area (Å²) in [6.07, 6.45) is 0. The van der Waals surface area contributed by atoms with Crippen LogP contribution in [0.5, 0.6) is 0 Å². The highest BCUT2D eigenvalue weighted by Crippen LogP contribution is 2.25. The Morgan fingerprint density at radius 1 is 1.36 bits per heavy atom. The van der Waals surface area contributed by atoms with Crippen LogP contribution in [0, 0.1) is 0 Å². The first-order valence-corrected chi connectivity index (χ1v) is 9.36. The van der Waals surface area contributed by atoms with E-state index in [0.29, 0.717) is 11.3 Å². The number of esters is 1. The average Bonchev–Trinajstić information content (AvgIpc) is 3.14. The Morgan fingerprint density at radius 2 is 2.04 bits per heavy atom. The molecule has 0 aliphatic carbocycles. The minimum Gasteiger partial charge on any atom is -0.465 e. The van der Waals surface area contributed by atoms with E-state index < -0.39 is 17.5 Å². The Hall–Kier alpha value is -2.68. The van der Waals surface area contributed by atoms with Crippen LogP contribution in [-0.2, 0) is 22.6 Å². The van der Waals surface area contributed by atoms with Gasteiger partial charge in [0, 0.05) is 12.6 Å². The molecule has 2 aromatic heterocycles. The van der Waals surface area contributed by atoms with Crippen molar-refractivity contribution in [1.29, 1.82) is 0 Å². The Kier molecular flexibility index (Phi) is 5.05. The van der Waals surface area contributed by atoms with E-state index in [9.17, 15) is 19.5 Å². The monoisotopic (exact) mass is 390 g/mol. The summed E-state index contributed by atoms with van der Waals surface area (Å²) in [6, 6.07) is 1.72. The van der Waals surface area contributed by atoms with Gasteiger partial charge in [0.1, 0.15) is 17.9 Å². The number of hydrogen-bond donors (Lipinski definition) is 1. The number of amides is 1. The Bertz CT molecular complexity index is 996. The van der Waals surface area contributed by atoms with Crippen molar-refractivity contribution in [3.8, 4) is 0 Å². The fraction of sp³-hybridized carbons (Fsp3) is 0.579. The zero-order chi connectivity index (χ0) is 20.8. The van der Waals surface area contributed by atoms with E-state index in [-0.39, 0.29) is 49.0 Å². The number of hydrogen-bond acceptors (Lipinski definition) is 6. The van der Waals surface area contributed by atoms with Crippen molar-refractivity contribution in [2.45, 2.75) is 59.2 Å². The minimum atomic E-state index is -1.11. The number of ether oxygens (including phenoxy) is 1. The molecule has 0 saturated carbocycles. The van der Waals surface area contributed by atoms with Crippen molar-refractivity contribution in [3.63, 3.8) is 0 Å². The molecule has 0 spiro atoms. The van der Waals surface area contributed by atoms with Gasteiger partial charge in [-0.3, -0.25) is 14.4 Å². The number of aromatic nitrogens is 3. The number of β-amino-alcohol motifs (C(OH)–C–C–N with tert-alkyl or cyclic N) is 1. The van der Waals surface area contributed by atoms with Gasteiger partial charge in [0.05, 0.1) is 30.0 Å². The lowest BCUT2D eigenvalue weighted by Gasteiger charge is -2.24. The standard InChI is InChI=1S/C19H26N4O5/c1-6-28-15(24)9-22-14-7-13(11(2)3)20-23(14)17(25)12-8-21(10-19(4,5)27)18(26)16(12)22/h7,11,27H,6,8-10H2,1-5H3. The summed E-state index contributed by atoms with van der Waals surface area (Å²) in [6.45, 7) is 8.93. The van der Waals surface area contributed by atoms with Gasteiger partial charge in [-0.25, -0.2) is 0 Å². The van der Waals surface area contributed by atoms with Crippen molar-refractivity contribution < 1.29 is 19.4 Å². The highest BCUT2D eigenvalue weighted by Gasteiger charge is 2.37. The number of carbonyl (C=O) groups excluding carboxylic acids is 2. The molecule has 1 N–H and O–H groups in total. The Morgan fingerprint density at radius 3 is 2.61 bits per heavy atom. The maximum Gasteiger partial charge on any atom is 0.326 e. The first-order valence-electron chi connectivity index (χ1n) is 9.36. The van der Waals surface area contributed by atoms with Crippen LogP contribution in [0.2, 0.25) is 0 Å². The van der Waals surface area contributed by atoms with E-state index in [4.69, 9.17) is 4.74 Å². The summed E-state index contributed by atoms with van der Waals surface area (Å²) in [5.41, 5.74) is -0.00581. The maximum atomic E-state index is 13.0.